The maximum atomic E-state index is 10.5. The van der Waals surface area contributed by atoms with E-state index in [-0.39, 0.29) is 0 Å². The fraction of sp³-hybridized carbons (Fsp3) is 0.474. The molecule has 1 N–H and O–H groups in total. The molecule has 2 aliphatic rings. The highest BCUT2D eigenvalue weighted by atomic mass is 16.4. The summed E-state index contributed by atoms with van der Waals surface area (Å²) in [7, 11) is 0. The van der Waals surface area contributed by atoms with Gasteiger partial charge in [-0.05, 0) is 54.4 Å². The molecule has 3 atom stereocenters. The summed E-state index contributed by atoms with van der Waals surface area (Å²) < 4.78 is 5.85. The van der Waals surface area contributed by atoms with Gasteiger partial charge in [-0.15, -0.1) is 0 Å². The van der Waals surface area contributed by atoms with Crippen molar-refractivity contribution in [2.24, 2.45) is 5.92 Å². The average molecular weight is 282 g/mol. The minimum atomic E-state index is -0.650. The summed E-state index contributed by atoms with van der Waals surface area (Å²) in [5, 5.41) is 10.5. The minimum absolute atomic E-state index is 0.562. The predicted molar refractivity (Wildman–Crippen MR) is 82.3 cm³/mol. The zero-order valence-electron chi connectivity index (χ0n) is 12.5. The molecule has 4 rings (SSSR count). The molecule has 2 saturated carbocycles. The molecule has 0 amide bonds. The zero-order valence-corrected chi connectivity index (χ0v) is 12.5. The van der Waals surface area contributed by atoms with Crippen LogP contribution in [0.1, 0.15) is 73.2 Å². The van der Waals surface area contributed by atoms with Crippen molar-refractivity contribution in [2.45, 2.75) is 50.5 Å². The van der Waals surface area contributed by atoms with E-state index < -0.39 is 6.10 Å². The van der Waals surface area contributed by atoms with Gasteiger partial charge in [0.15, 0.2) is 0 Å². The normalized spacial score (nSPS) is 26.4. The number of aliphatic hydroxyl groups excluding tert-OH is 1. The first-order valence-electron chi connectivity index (χ1n) is 8.10. The van der Waals surface area contributed by atoms with E-state index in [2.05, 4.69) is 19.1 Å². The molecule has 1 aromatic carbocycles. The summed E-state index contributed by atoms with van der Waals surface area (Å²) in [5.41, 5.74) is 2.33. The minimum Gasteiger partial charge on any atom is -0.463 e. The van der Waals surface area contributed by atoms with Crippen LogP contribution in [-0.2, 0) is 0 Å². The quantitative estimate of drug-likeness (QED) is 0.877. The Morgan fingerprint density at radius 1 is 1.10 bits per heavy atom. The maximum Gasteiger partial charge on any atom is 0.137 e. The molecule has 1 aromatic heterocycles. The van der Waals surface area contributed by atoms with Crippen LogP contribution >= 0.6 is 0 Å². The van der Waals surface area contributed by atoms with Crippen LogP contribution < -0.4 is 0 Å². The van der Waals surface area contributed by atoms with E-state index >= 15 is 0 Å². The van der Waals surface area contributed by atoms with Crippen molar-refractivity contribution in [1.82, 2.24) is 0 Å². The zero-order chi connectivity index (χ0) is 14.4. The van der Waals surface area contributed by atoms with Crippen molar-refractivity contribution in [3.05, 3.63) is 59.0 Å². The Hall–Kier alpha value is -1.54. The van der Waals surface area contributed by atoms with Crippen LogP contribution in [0, 0.1) is 5.92 Å². The van der Waals surface area contributed by atoms with Gasteiger partial charge >= 0.3 is 0 Å². The van der Waals surface area contributed by atoms with Gasteiger partial charge in [-0.2, -0.15) is 0 Å². The summed E-state index contributed by atoms with van der Waals surface area (Å²) in [6, 6.07) is 12.4. The van der Waals surface area contributed by atoms with E-state index in [1.807, 2.05) is 24.3 Å². The van der Waals surface area contributed by atoms with Crippen LogP contribution in [0.5, 0.6) is 0 Å². The molecular weight excluding hydrogens is 260 g/mol. The van der Waals surface area contributed by atoms with Crippen LogP contribution in [0.25, 0.3) is 0 Å². The third kappa shape index (κ3) is 2.42. The Bertz CT molecular complexity index is 621. The van der Waals surface area contributed by atoms with E-state index in [0.717, 1.165) is 23.2 Å². The van der Waals surface area contributed by atoms with E-state index in [0.29, 0.717) is 11.7 Å². The Morgan fingerprint density at radius 2 is 1.81 bits per heavy atom. The number of rotatable bonds is 4. The van der Waals surface area contributed by atoms with E-state index in [9.17, 15) is 5.11 Å². The SMILES string of the molecule is CC1CC1c1ccc(C(O)c2ccc(C3CCC3)cc2)o1. The largest absolute Gasteiger partial charge is 0.463 e. The van der Waals surface area contributed by atoms with Crippen LogP contribution in [0.4, 0.5) is 0 Å². The van der Waals surface area contributed by atoms with Crippen molar-refractivity contribution >= 4 is 0 Å². The predicted octanol–water partition coefficient (Wildman–Crippen LogP) is 4.75. The van der Waals surface area contributed by atoms with Gasteiger partial charge < -0.3 is 9.52 Å². The first-order valence-corrected chi connectivity index (χ1v) is 8.10. The van der Waals surface area contributed by atoms with Crippen molar-refractivity contribution < 1.29 is 9.52 Å². The third-order valence-corrected chi connectivity index (χ3v) is 5.22. The smallest absolute Gasteiger partial charge is 0.137 e. The van der Waals surface area contributed by atoms with E-state index in [1.165, 1.54) is 31.2 Å². The van der Waals surface area contributed by atoms with Crippen LogP contribution in [-0.4, -0.2) is 5.11 Å². The summed E-state index contributed by atoms with van der Waals surface area (Å²) in [6.45, 7) is 2.24. The number of benzene rings is 1. The summed E-state index contributed by atoms with van der Waals surface area (Å²) in [6.07, 6.45) is 4.53. The number of hydrogen-bond donors (Lipinski definition) is 1. The van der Waals surface area contributed by atoms with Gasteiger partial charge in [-0.1, -0.05) is 37.6 Å². The number of aliphatic hydroxyl groups is 1. The lowest BCUT2D eigenvalue weighted by Gasteiger charge is -2.26. The van der Waals surface area contributed by atoms with Crippen molar-refractivity contribution in [1.29, 1.82) is 0 Å². The highest BCUT2D eigenvalue weighted by Gasteiger charge is 2.37. The molecule has 21 heavy (non-hydrogen) atoms. The first-order chi connectivity index (χ1) is 10.2. The van der Waals surface area contributed by atoms with Crippen LogP contribution in [0.2, 0.25) is 0 Å². The fourth-order valence-corrected chi connectivity index (χ4v) is 3.29. The Morgan fingerprint density at radius 3 is 2.38 bits per heavy atom. The second kappa shape index (κ2) is 5.03. The van der Waals surface area contributed by atoms with Crippen molar-refractivity contribution in [3.63, 3.8) is 0 Å². The van der Waals surface area contributed by atoms with Crippen molar-refractivity contribution in [3.8, 4) is 0 Å². The Kier molecular flexibility index (Phi) is 3.15. The molecular formula is C19H22O2. The fourth-order valence-electron chi connectivity index (χ4n) is 3.29. The lowest BCUT2D eigenvalue weighted by molar-refractivity contribution is 0.186. The molecule has 3 unspecified atom stereocenters. The molecule has 2 aromatic rings. The molecule has 0 radical (unpaired) electrons. The molecule has 0 bridgehead atoms. The molecule has 2 fully saturated rings. The Labute approximate surface area is 125 Å². The van der Waals surface area contributed by atoms with Gasteiger partial charge in [-0.3, -0.25) is 0 Å². The molecule has 1 heterocycles. The lowest BCUT2D eigenvalue weighted by atomic mass is 9.80. The highest BCUT2D eigenvalue weighted by Crippen LogP contribution is 2.47. The third-order valence-electron chi connectivity index (χ3n) is 5.22. The summed E-state index contributed by atoms with van der Waals surface area (Å²) in [4.78, 5) is 0. The Balaban J connectivity index is 1.50. The molecule has 0 aliphatic heterocycles. The highest BCUT2D eigenvalue weighted by molar-refractivity contribution is 5.31. The molecule has 0 spiro atoms. The number of furan rings is 1. The molecule has 0 saturated heterocycles. The molecule has 110 valence electrons. The topological polar surface area (TPSA) is 33.4 Å². The standard InChI is InChI=1S/C19H22O2/c1-12-11-16(12)17-9-10-18(21-17)19(20)15-7-5-14(6-8-15)13-3-2-4-13/h5-10,12-13,16,19-20H,2-4,11H2,1H3. The van der Waals surface area contributed by atoms with Gasteiger partial charge in [0.05, 0.1) is 0 Å². The van der Waals surface area contributed by atoms with Gasteiger partial charge in [0.2, 0.25) is 0 Å². The number of hydrogen-bond acceptors (Lipinski definition) is 2. The second-order valence-corrected chi connectivity index (χ2v) is 6.76. The van der Waals surface area contributed by atoms with Crippen LogP contribution in [0.15, 0.2) is 40.8 Å². The molecule has 2 heteroatoms. The maximum absolute atomic E-state index is 10.5. The van der Waals surface area contributed by atoms with Gasteiger partial charge in [-0.25, -0.2) is 0 Å². The molecule has 2 nitrogen and oxygen atoms in total. The monoisotopic (exact) mass is 282 g/mol. The lowest BCUT2D eigenvalue weighted by Crippen LogP contribution is -2.08. The van der Waals surface area contributed by atoms with Gasteiger partial charge in [0, 0.05) is 5.92 Å². The van der Waals surface area contributed by atoms with Gasteiger partial charge in [0.25, 0.3) is 0 Å². The second-order valence-electron chi connectivity index (χ2n) is 6.76. The van der Waals surface area contributed by atoms with Crippen molar-refractivity contribution in [2.75, 3.05) is 0 Å². The van der Waals surface area contributed by atoms with E-state index in [1.54, 1.807) is 0 Å². The summed E-state index contributed by atoms with van der Waals surface area (Å²) >= 11 is 0. The van der Waals surface area contributed by atoms with E-state index in [4.69, 9.17) is 4.42 Å². The first kappa shape index (κ1) is 13.1. The van der Waals surface area contributed by atoms with Crippen LogP contribution in [0.3, 0.4) is 0 Å². The van der Waals surface area contributed by atoms with Gasteiger partial charge in [0.1, 0.15) is 17.6 Å². The summed E-state index contributed by atoms with van der Waals surface area (Å²) in [5.74, 6) is 3.72. The average Bonchev–Trinajstić information content (AvgIpc) is 2.99. The molecule has 2 aliphatic carbocycles.